The Morgan fingerprint density at radius 1 is 1.39 bits per heavy atom. The van der Waals surface area contributed by atoms with E-state index in [9.17, 15) is 9.59 Å². The third-order valence-corrected chi connectivity index (χ3v) is 3.03. The van der Waals surface area contributed by atoms with Crippen LogP contribution in [-0.4, -0.2) is 45.1 Å². The fourth-order valence-corrected chi connectivity index (χ4v) is 2.02. The van der Waals surface area contributed by atoms with Gasteiger partial charge < -0.3 is 15.3 Å². The number of anilines is 1. The lowest BCUT2D eigenvalue weighted by molar-refractivity contribution is -0.142. The Bertz CT molecular complexity index is 451. The number of aromatic nitrogens is 2. The van der Waals surface area contributed by atoms with E-state index in [2.05, 4.69) is 15.3 Å². The summed E-state index contributed by atoms with van der Waals surface area (Å²) in [6.45, 7) is 2.50. The molecule has 2 heterocycles. The number of carboxylic acid groups (broad SMARTS) is 1. The molecule has 7 heteroatoms. The number of amides is 2. The van der Waals surface area contributed by atoms with Gasteiger partial charge in [-0.05, 0) is 5.92 Å². The zero-order valence-electron chi connectivity index (χ0n) is 9.91. The Morgan fingerprint density at radius 3 is 2.61 bits per heavy atom. The first kappa shape index (κ1) is 12.3. The molecule has 2 atom stereocenters. The minimum absolute atomic E-state index is 0.0414. The smallest absolute Gasteiger partial charge is 0.321 e. The van der Waals surface area contributed by atoms with E-state index in [1.807, 2.05) is 6.92 Å². The van der Waals surface area contributed by atoms with E-state index >= 15 is 0 Å². The zero-order valence-corrected chi connectivity index (χ0v) is 9.91. The van der Waals surface area contributed by atoms with Gasteiger partial charge in [-0.25, -0.2) is 14.8 Å². The average molecular weight is 250 g/mol. The van der Waals surface area contributed by atoms with Crippen LogP contribution in [-0.2, 0) is 4.79 Å². The molecule has 2 unspecified atom stereocenters. The maximum absolute atomic E-state index is 11.9. The van der Waals surface area contributed by atoms with Crippen LogP contribution in [0.15, 0.2) is 18.7 Å². The Kier molecular flexibility index (Phi) is 3.40. The number of nitrogens with zero attached hydrogens (tertiary/aromatic N) is 3. The van der Waals surface area contributed by atoms with Crippen molar-refractivity contribution in [2.45, 2.75) is 6.92 Å². The van der Waals surface area contributed by atoms with Crippen molar-refractivity contribution in [2.75, 3.05) is 18.4 Å². The van der Waals surface area contributed by atoms with Crippen LogP contribution in [0.5, 0.6) is 0 Å². The van der Waals surface area contributed by atoms with Gasteiger partial charge in [0.25, 0.3) is 0 Å². The number of nitrogens with one attached hydrogen (secondary N) is 1. The molecule has 0 bridgehead atoms. The summed E-state index contributed by atoms with van der Waals surface area (Å²) in [6, 6.07) is -0.319. The number of likely N-dealkylation sites (tertiary alicyclic amines) is 1. The van der Waals surface area contributed by atoms with Crippen LogP contribution >= 0.6 is 0 Å². The molecule has 96 valence electrons. The van der Waals surface area contributed by atoms with E-state index in [1.165, 1.54) is 23.6 Å². The summed E-state index contributed by atoms with van der Waals surface area (Å²) < 4.78 is 0. The first-order valence-electron chi connectivity index (χ1n) is 5.61. The van der Waals surface area contributed by atoms with Gasteiger partial charge >= 0.3 is 12.0 Å². The minimum Gasteiger partial charge on any atom is -0.481 e. The van der Waals surface area contributed by atoms with Crippen molar-refractivity contribution in [1.82, 2.24) is 14.9 Å². The summed E-state index contributed by atoms with van der Waals surface area (Å²) >= 11 is 0. The number of carbonyl (C=O) groups excluding carboxylic acids is 1. The highest BCUT2D eigenvalue weighted by molar-refractivity contribution is 5.89. The van der Waals surface area contributed by atoms with Gasteiger partial charge in [0.05, 0.1) is 24.0 Å². The second kappa shape index (κ2) is 4.99. The Morgan fingerprint density at radius 2 is 2.06 bits per heavy atom. The molecule has 1 saturated heterocycles. The number of hydrogen-bond acceptors (Lipinski definition) is 4. The van der Waals surface area contributed by atoms with E-state index in [0.29, 0.717) is 12.2 Å². The first-order valence-corrected chi connectivity index (χ1v) is 5.61. The number of carboxylic acids is 1. The standard InChI is InChI=1S/C11H14N4O3/c1-7-4-15(5-9(7)10(16)17)11(18)14-8-2-12-6-13-3-8/h2-3,6-7,9H,4-5H2,1H3,(H,14,18)(H,16,17). The van der Waals surface area contributed by atoms with Gasteiger partial charge in [-0.3, -0.25) is 4.79 Å². The molecule has 1 aromatic rings. The largest absolute Gasteiger partial charge is 0.481 e. The van der Waals surface area contributed by atoms with Gasteiger partial charge in [0.15, 0.2) is 0 Å². The predicted octanol–water partition coefficient (Wildman–Crippen LogP) is 0.661. The third kappa shape index (κ3) is 2.55. The highest BCUT2D eigenvalue weighted by Crippen LogP contribution is 2.23. The maximum atomic E-state index is 11.9. The minimum atomic E-state index is -0.860. The summed E-state index contributed by atoms with van der Waals surface area (Å²) in [5, 5.41) is 11.6. The molecule has 1 aliphatic rings. The molecule has 0 aliphatic carbocycles. The molecular weight excluding hydrogens is 236 g/mol. The van der Waals surface area contributed by atoms with Crippen molar-refractivity contribution in [3.05, 3.63) is 18.7 Å². The molecule has 2 N–H and O–H groups in total. The lowest BCUT2D eigenvalue weighted by Gasteiger charge is -2.16. The monoisotopic (exact) mass is 250 g/mol. The lowest BCUT2D eigenvalue weighted by atomic mass is 9.99. The summed E-state index contributed by atoms with van der Waals surface area (Å²) in [6.07, 6.45) is 4.34. The van der Waals surface area contributed by atoms with Crippen LogP contribution in [0, 0.1) is 11.8 Å². The van der Waals surface area contributed by atoms with Gasteiger partial charge in [-0.1, -0.05) is 6.92 Å². The fourth-order valence-electron chi connectivity index (χ4n) is 2.02. The van der Waals surface area contributed by atoms with Gasteiger partial charge in [-0.2, -0.15) is 0 Å². The molecule has 0 spiro atoms. The topological polar surface area (TPSA) is 95.4 Å². The third-order valence-electron chi connectivity index (χ3n) is 3.03. The van der Waals surface area contributed by atoms with Gasteiger partial charge in [-0.15, -0.1) is 0 Å². The summed E-state index contributed by atoms with van der Waals surface area (Å²) in [5.41, 5.74) is 0.494. The van der Waals surface area contributed by atoms with Crippen LogP contribution in [0.2, 0.25) is 0 Å². The van der Waals surface area contributed by atoms with Crippen LogP contribution in [0.25, 0.3) is 0 Å². The van der Waals surface area contributed by atoms with Crippen molar-refractivity contribution in [3.63, 3.8) is 0 Å². The molecule has 0 saturated carbocycles. The number of rotatable bonds is 2. The van der Waals surface area contributed by atoms with Crippen LogP contribution in [0.1, 0.15) is 6.92 Å². The van der Waals surface area contributed by atoms with Crippen molar-refractivity contribution in [1.29, 1.82) is 0 Å². The molecule has 18 heavy (non-hydrogen) atoms. The molecule has 2 amide bonds. The average Bonchev–Trinajstić information content (AvgIpc) is 2.73. The van der Waals surface area contributed by atoms with Crippen LogP contribution in [0.4, 0.5) is 10.5 Å². The van der Waals surface area contributed by atoms with E-state index in [0.717, 1.165) is 0 Å². The van der Waals surface area contributed by atoms with Crippen LogP contribution < -0.4 is 5.32 Å². The highest BCUT2D eigenvalue weighted by atomic mass is 16.4. The van der Waals surface area contributed by atoms with E-state index in [1.54, 1.807) is 0 Å². The number of urea groups is 1. The summed E-state index contributed by atoms with van der Waals surface area (Å²) in [4.78, 5) is 31.9. The van der Waals surface area contributed by atoms with Gasteiger partial charge in [0, 0.05) is 13.1 Å². The van der Waals surface area contributed by atoms with Crippen molar-refractivity contribution >= 4 is 17.7 Å². The number of carbonyl (C=O) groups is 2. The Hall–Kier alpha value is -2.18. The fraction of sp³-hybridized carbons (Fsp3) is 0.455. The second-order valence-electron chi connectivity index (χ2n) is 4.38. The van der Waals surface area contributed by atoms with E-state index in [-0.39, 0.29) is 18.5 Å². The molecule has 7 nitrogen and oxygen atoms in total. The van der Waals surface area contributed by atoms with E-state index < -0.39 is 11.9 Å². The molecule has 1 aliphatic heterocycles. The van der Waals surface area contributed by atoms with Gasteiger partial charge in [0.1, 0.15) is 6.33 Å². The first-order chi connectivity index (χ1) is 8.58. The Balaban J connectivity index is 1.97. The highest BCUT2D eigenvalue weighted by Gasteiger charge is 2.36. The molecule has 1 fully saturated rings. The lowest BCUT2D eigenvalue weighted by Crippen LogP contribution is -2.33. The van der Waals surface area contributed by atoms with E-state index in [4.69, 9.17) is 5.11 Å². The molecular formula is C11H14N4O3. The van der Waals surface area contributed by atoms with Crippen molar-refractivity contribution in [2.24, 2.45) is 11.8 Å². The normalized spacial score (nSPS) is 22.8. The molecule has 0 radical (unpaired) electrons. The predicted molar refractivity (Wildman–Crippen MR) is 62.9 cm³/mol. The number of aliphatic carboxylic acids is 1. The Labute approximate surface area is 104 Å². The van der Waals surface area contributed by atoms with Crippen LogP contribution in [0.3, 0.4) is 0 Å². The molecule has 0 aromatic carbocycles. The maximum Gasteiger partial charge on any atom is 0.321 e. The molecule has 1 aromatic heterocycles. The SMILES string of the molecule is CC1CN(C(=O)Nc2cncnc2)CC1C(=O)O. The summed E-state index contributed by atoms with van der Waals surface area (Å²) in [7, 11) is 0. The van der Waals surface area contributed by atoms with Crippen molar-refractivity contribution in [3.8, 4) is 0 Å². The summed E-state index contributed by atoms with van der Waals surface area (Å²) in [5.74, 6) is -1.40. The van der Waals surface area contributed by atoms with Crippen molar-refractivity contribution < 1.29 is 14.7 Å². The van der Waals surface area contributed by atoms with Gasteiger partial charge in [0.2, 0.25) is 0 Å². The second-order valence-corrected chi connectivity index (χ2v) is 4.38. The zero-order chi connectivity index (χ0) is 13.1. The quantitative estimate of drug-likeness (QED) is 0.804. The molecule has 2 rings (SSSR count). The number of hydrogen-bond donors (Lipinski definition) is 2.